The van der Waals surface area contributed by atoms with Crippen LogP contribution >= 0.6 is 0 Å². The Balaban J connectivity index is 4.00. The molecule has 0 spiro atoms. The van der Waals surface area contributed by atoms with E-state index in [1.54, 1.807) is 0 Å². The van der Waals surface area contributed by atoms with E-state index in [9.17, 15) is 35.7 Å². The summed E-state index contributed by atoms with van der Waals surface area (Å²) < 4.78 is 0. The minimum Gasteiger partial charge on any atom is -0.512 e. The van der Waals surface area contributed by atoms with E-state index in [2.05, 4.69) is 0 Å². The van der Waals surface area contributed by atoms with Crippen LogP contribution in [-0.2, 0) is 0 Å². The maximum Gasteiger partial charge on any atom is 0.205 e. The van der Waals surface area contributed by atoms with Crippen molar-refractivity contribution in [3.05, 3.63) is 10.4 Å². The largest absolute Gasteiger partial charge is 0.512 e. The van der Waals surface area contributed by atoms with Gasteiger partial charge >= 0.3 is 0 Å². The SMILES string of the molecule is C/C(O)=c1/c(O)c(O)c(O)c(O)/c1=C(\O)CC(C)O. The predicted octanol–water partition coefficient (Wildman–Crippen LogP) is -0.368. The minimum absolute atomic E-state index is 0.280. The highest BCUT2D eigenvalue weighted by Gasteiger charge is 2.19. The molecule has 1 unspecified atom stereocenters. The highest BCUT2D eigenvalue weighted by Crippen LogP contribution is 2.36. The van der Waals surface area contributed by atoms with Gasteiger partial charge in [-0.05, 0) is 13.8 Å². The molecule has 0 saturated carbocycles. The molecule has 1 atom stereocenters. The number of benzene rings is 1. The summed E-state index contributed by atoms with van der Waals surface area (Å²) in [5.41, 5.74) is 0. The van der Waals surface area contributed by atoms with Crippen molar-refractivity contribution in [2.45, 2.75) is 26.4 Å². The van der Waals surface area contributed by atoms with Gasteiger partial charge in [-0.25, -0.2) is 0 Å². The Labute approximate surface area is 108 Å². The highest BCUT2D eigenvalue weighted by molar-refractivity contribution is 5.63. The van der Waals surface area contributed by atoms with Crippen LogP contribution in [0.25, 0.3) is 11.5 Å². The highest BCUT2D eigenvalue weighted by atomic mass is 16.3. The normalized spacial score (nSPS) is 15.9. The zero-order valence-electron chi connectivity index (χ0n) is 10.4. The average Bonchev–Trinajstić information content (AvgIpc) is 2.29. The van der Waals surface area contributed by atoms with Crippen molar-refractivity contribution < 1.29 is 35.7 Å². The van der Waals surface area contributed by atoms with Gasteiger partial charge in [0.25, 0.3) is 0 Å². The maximum atomic E-state index is 9.81. The first-order chi connectivity index (χ1) is 8.68. The Morgan fingerprint density at radius 1 is 0.895 bits per heavy atom. The minimum atomic E-state index is -1.03. The molecule has 19 heavy (non-hydrogen) atoms. The Kier molecular flexibility index (Phi) is 4.01. The molecule has 0 fully saturated rings. The summed E-state index contributed by atoms with van der Waals surface area (Å²) in [6, 6.07) is 0. The van der Waals surface area contributed by atoms with Crippen molar-refractivity contribution in [1.29, 1.82) is 0 Å². The van der Waals surface area contributed by atoms with Crippen LogP contribution in [0.1, 0.15) is 20.3 Å². The van der Waals surface area contributed by atoms with Crippen LogP contribution in [0.15, 0.2) is 0 Å². The smallest absolute Gasteiger partial charge is 0.205 e. The molecule has 0 bridgehead atoms. The first-order valence-electron chi connectivity index (χ1n) is 5.44. The van der Waals surface area contributed by atoms with E-state index in [4.69, 9.17) is 0 Å². The van der Waals surface area contributed by atoms with E-state index < -0.39 is 51.1 Å². The van der Waals surface area contributed by atoms with E-state index in [-0.39, 0.29) is 6.42 Å². The molecule has 1 rings (SSSR count). The summed E-state index contributed by atoms with van der Waals surface area (Å²) in [6.45, 7) is 2.53. The molecule has 0 aliphatic rings. The molecule has 0 saturated heterocycles. The van der Waals surface area contributed by atoms with Crippen LogP contribution in [0, 0.1) is 0 Å². The molecule has 0 aliphatic heterocycles. The summed E-state index contributed by atoms with van der Waals surface area (Å²) in [6.07, 6.45) is -1.23. The zero-order chi connectivity index (χ0) is 14.9. The molecule has 0 radical (unpaired) electrons. The second kappa shape index (κ2) is 5.15. The summed E-state index contributed by atoms with van der Waals surface area (Å²) in [5.74, 6) is -4.89. The van der Waals surface area contributed by atoms with Crippen LogP contribution in [0.2, 0.25) is 0 Å². The third-order valence-electron chi connectivity index (χ3n) is 2.54. The molecular formula is C12H16O7. The Morgan fingerprint density at radius 3 is 1.68 bits per heavy atom. The van der Waals surface area contributed by atoms with Crippen LogP contribution in [-0.4, -0.2) is 41.8 Å². The van der Waals surface area contributed by atoms with Crippen molar-refractivity contribution in [3.8, 4) is 23.0 Å². The van der Waals surface area contributed by atoms with Crippen LogP contribution in [0.3, 0.4) is 0 Å². The number of hydrogen-bond acceptors (Lipinski definition) is 7. The average molecular weight is 272 g/mol. The summed E-state index contributed by atoms with van der Waals surface area (Å²) in [7, 11) is 0. The number of phenols is 4. The Bertz CT molecular complexity index is 612. The van der Waals surface area contributed by atoms with Gasteiger partial charge in [0, 0.05) is 6.42 Å². The lowest BCUT2D eigenvalue weighted by Gasteiger charge is -2.09. The van der Waals surface area contributed by atoms with Gasteiger partial charge in [0.05, 0.1) is 16.5 Å². The van der Waals surface area contributed by atoms with Gasteiger partial charge in [0.1, 0.15) is 11.5 Å². The van der Waals surface area contributed by atoms with Crippen molar-refractivity contribution in [2.24, 2.45) is 0 Å². The molecule has 7 nitrogen and oxygen atoms in total. The number of phenolic OH excluding ortho intramolecular Hbond substituents is 4. The van der Waals surface area contributed by atoms with Crippen LogP contribution in [0.4, 0.5) is 0 Å². The first-order valence-corrected chi connectivity index (χ1v) is 5.44. The van der Waals surface area contributed by atoms with Gasteiger partial charge in [-0.1, -0.05) is 0 Å². The Morgan fingerprint density at radius 2 is 1.32 bits per heavy atom. The van der Waals surface area contributed by atoms with E-state index in [0.29, 0.717) is 0 Å². The summed E-state index contributed by atoms with van der Waals surface area (Å²) >= 11 is 0. The van der Waals surface area contributed by atoms with Crippen LogP contribution < -0.4 is 10.4 Å². The standard InChI is InChI=1S/C12H16O7/c1-4(13)3-6(15)8-7(5(2)14)9(16)11(18)12(19)10(8)17/h4,13-19H,3H2,1-2H3/b7-5-,8-6-. The zero-order valence-corrected chi connectivity index (χ0v) is 10.4. The molecule has 0 amide bonds. The molecule has 0 aromatic heterocycles. The number of aliphatic hydroxyl groups excluding tert-OH is 3. The number of aromatic hydroxyl groups is 4. The lowest BCUT2D eigenvalue weighted by molar-refractivity contribution is 0.191. The number of hydrogen-bond donors (Lipinski definition) is 7. The quantitative estimate of drug-likeness (QED) is 0.288. The van der Waals surface area contributed by atoms with Gasteiger partial charge in [-0.15, -0.1) is 0 Å². The maximum absolute atomic E-state index is 9.81. The molecule has 106 valence electrons. The van der Waals surface area contributed by atoms with Gasteiger partial charge in [0.2, 0.25) is 11.5 Å². The van der Waals surface area contributed by atoms with Gasteiger partial charge in [0.15, 0.2) is 11.5 Å². The lowest BCUT2D eigenvalue weighted by Crippen LogP contribution is -2.30. The molecule has 1 aromatic carbocycles. The monoisotopic (exact) mass is 272 g/mol. The van der Waals surface area contributed by atoms with E-state index in [1.165, 1.54) is 6.92 Å². The topological polar surface area (TPSA) is 142 Å². The number of aliphatic hydroxyl groups is 3. The fourth-order valence-electron chi connectivity index (χ4n) is 1.71. The fraction of sp³-hybridized carbons (Fsp3) is 0.333. The molecule has 0 heterocycles. The molecule has 1 aromatic rings. The Hall–Kier alpha value is -2.28. The van der Waals surface area contributed by atoms with Gasteiger partial charge in [-0.2, -0.15) is 0 Å². The van der Waals surface area contributed by atoms with Crippen LogP contribution in [0.5, 0.6) is 23.0 Å². The van der Waals surface area contributed by atoms with Gasteiger partial charge < -0.3 is 35.7 Å². The summed E-state index contributed by atoms with van der Waals surface area (Å²) in [4.78, 5) is 0. The van der Waals surface area contributed by atoms with E-state index in [0.717, 1.165) is 6.92 Å². The summed E-state index contributed by atoms with van der Waals surface area (Å²) in [5, 5.41) is 65.8. The van der Waals surface area contributed by atoms with Crippen molar-refractivity contribution in [3.63, 3.8) is 0 Å². The number of rotatable bonds is 2. The third-order valence-corrected chi connectivity index (χ3v) is 2.54. The predicted molar refractivity (Wildman–Crippen MR) is 66.4 cm³/mol. The van der Waals surface area contributed by atoms with Crippen molar-refractivity contribution >= 4 is 11.5 Å². The molecule has 0 aliphatic carbocycles. The van der Waals surface area contributed by atoms with Gasteiger partial charge in [-0.3, -0.25) is 0 Å². The molecule has 7 heteroatoms. The lowest BCUT2D eigenvalue weighted by atomic mass is 10.1. The molecular weight excluding hydrogens is 256 g/mol. The fourth-order valence-corrected chi connectivity index (χ4v) is 1.71. The van der Waals surface area contributed by atoms with E-state index >= 15 is 0 Å². The first kappa shape index (κ1) is 14.8. The molecule has 7 N–H and O–H groups in total. The second-order valence-electron chi connectivity index (χ2n) is 4.23. The van der Waals surface area contributed by atoms with E-state index in [1.807, 2.05) is 0 Å². The second-order valence-corrected chi connectivity index (χ2v) is 4.23. The third kappa shape index (κ3) is 2.60. The van der Waals surface area contributed by atoms with Crippen molar-refractivity contribution in [1.82, 2.24) is 0 Å². The van der Waals surface area contributed by atoms with Crippen molar-refractivity contribution in [2.75, 3.05) is 0 Å².